The summed E-state index contributed by atoms with van der Waals surface area (Å²) in [4.78, 5) is 28.4. The molecule has 2 aliphatic carbocycles. The molecular formula is C29H36N2O3. The number of rotatable bonds is 3. The van der Waals surface area contributed by atoms with Crippen molar-refractivity contribution in [2.24, 2.45) is 11.3 Å². The Bertz CT molecular complexity index is 1090. The van der Waals surface area contributed by atoms with Crippen LogP contribution in [0.4, 0.5) is 0 Å². The first kappa shape index (κ1) is 22.9. The molecule has 3 aliphatic rings. The zero-order valence-electron chi connectivity index (χ0n) is 20.5. The van der Waals surface area contributed by atoms with Gasteiger partial charge in [0, 0.05) is 35.5 Å². The summed E-state index contributed by atoms with van der Waals surface area (Å²) in [6.45, 7) is 7.66. The third-order valence-corrected chi connectivity index (χ3v) is 9.36. The number of carbonyl (C=O) groups excluding carboxylic acids is 2. The standard InChI is InChI=1S/C29H36N2O3/c1-28(2)25-18-22-23(10-7-11-24(22)32)29(28,3)16-17-31(25)27(34)20-12-14-21(15-13-20)30-26(33)19-8-5-4-6-9-19/h4-11,20-21,25,32H,12-18H2,1-3H3,(H,30,33)/t20?,21?,25-,29+/m1/s1. The molecule has 1 saturated heterocycles. The second kappa shape index (κ2) is 8.44. The SMILES string of the molecule is CC1(C)[C@H]2Cc3c(O)cccc3[C@]1(C)CCN2C(=O)C1CCC(NC(=O)c2ccccc2)CC1. The summed E-state index contributed by atoms with van der Waals surface area (Å²) in [5, 5.41) is 13.8. The average Bonchev–Trinajstić information content (AvgIpc) is 2.82. The quantitative estimate of drug-likeness (QED) is 0.690. The van der Waals surface area contributed by atoms with Gasteiger partial charge in [-0.1, -0.05) is 51.1 Å². The molecule has 1 aliphatic heterocycles. The molecule has 2 aromatic rings. The fraction of sp³-hybridized carbons (Fsp3) is 0.517. The molecule has 0 aromatic heterocycles. The Kier molecular flexibility index (Phi) is 5.70. The third kappa shape index (κ3) is 3.60. The molecule has 2 amide bonds. The normalized spacial score (nSPS) is 29.7. The zero-order valence-corrected chi connectivity index (χ0v) is 20.5. The van der Waals surface area contributed by atoms with E-state index in [4.69, 9.17) is 0 Å². The maximum absolute atomic E-state index is 13.8. The lowest BCUT2D eigenvalue weighted by Gasteiger charge is -2.61. The highest BCUT2D eigenvalue weighted by Crippen LogP contribution is 2.57. The monoisotopic (exact) mass is 460 g/mol. The highest BCUT2D eigenvalue weighted by Gasteiger charge is 2.57. The second-order valence-corrected chi connectivity index (χ2v) is 11.2. The molecule has 5 nitrogen and oxygen atoms in total. The Labute approximate surface area is 202 Å². The van der Waals surface area contributed by atoms with E-state index in [1.54, 1.807) is 6.07 Å². The fourth-order valence-corrected chi connectivity index (χ4v) is 6.77. The Balaban J connectivity index is 1.27. The van der Waals surface area contributed by atoms with E-state index >= 15 is 0 Å². The van der Waals surface area contributed by atoms with Crippen LogP contribution in [0, 0.1) is 11.3 Å². The van der Waals surface area contributed by atoms with Crippen molar-refractivity contribution in [1.82, 2.24) is 10.2 Å². The van der Waals surface area contributed by atoms with Crippen LogP contribution in [0.15, 0.2) is 48.5 Å². The average molecular weight is 461 g/mol. The summed E-state index contributed by atoms with van der Waals surface area (Å²) in [7, 11) is 0. The van der Waals surface area contributed by atoms with Gasteiger partial charge in [-0.3, -0.25) is 9.59 Å². The van der Waals surface area contributed by atoms with Crippen LogP contribution in [0.1, 0.15) is 74.4 Å². The van der Waals surface area contributed by atoms with Crippen LogP contribution >= 0.6 is 0 Å². The summed E-state index contributed by atoms with van der Waals surface area (Å²) < 4.78 is 0. The number of benzene rings is 2. The molecule has 5 heteroatoms. The van der Waals surface area contributed by atoms with Crippen molar-refractivity contribution in [1.29, 1.82) is 0 Å². The van der Waals surface area contributed by atoms with E-state index in [2.05, 4.69) is 37.1 Å². The Hall–Kier alpha value is -2.82. The molecule has 2 atom stereocenters. The number of amides is 2. The van der Waals surface area contributed by atoms with Crippen molar-refractivity contribution < 1.29 is 14.7 Å². The van der Waals surface area contributed by atoms with Crippen LogP contribution in [0.3, 0.4) is 0 Å². The minimum atomic E-state index is -0.0808. The smallest absolute Gasteiger partial charge is 0.251 e. The third-order valence-electron chi connectivity index (χ3n) is 9.36. The fourth-order valence-electron chi connectivity index (χ4n) is 6.77. The number of hydrogen-bond acceptors (Lipinski definition) is 3. The van der Waals surface area contributed by atoms with Gasteiger partial charge in [0.05, 0.1) is 0 Å². The van der Waals surface area contributed by atoms with Crippen LogP contribution in [0.25, 0.3) is 0 Å². The van der Waals surface area contributed by atoms with Crippen molar-refractivity contribution in [3.8, 4) is 5.75 Å². The first-order valence-electron chi connectivity index (χ1n) is 12.7. The Morgan fingerprint density at radius 3 is 2.38 bits per heavy atom. The van der Waals surface area contributed by atoms with Gasteiger partial charge in [0.2, 0.25) is 5.91 Å². The lowest BCUT2D eigenvalue weighted by atomic mass is 9.51. The van der Waals surface area contributed by atoms with Gasteiger partial charge in [0.1, 0.15) is 5.75 Å². The molecule has 1 saturated carbocycles. The molecule has 0 spiro atoms. The van der Waals surface area contributed by atoms with Crippen LogP contribution in [-0.2, 0) is 16.6 Å². The summed E-state index contributed by atoms with van der Waals surface area (Å²) in [6, 6.07) is 15.4. The highest BCUT2D eigenvalue weighted by atomic mass is 16.3. The van der Waals surface area contributed by atoms with Crippen molar-refractivity contribution in [3.63, 3.8) is 0 Å². The predicted octanol–water partition coefficient (Wildman–Crippen LogP) is 4.82. The van der Waals surface area contributed by atoms with Gasteiger partial charge in [0.15, 0.2) is 0 Å². The Morgan fingerprint density at radius 1 is 0.971 bits per heavy atom. The second-order valence-electron chi connectivity index (χ2n) is 11.2. The molecule has 1 heterocycles. The minimum absolute atomic E-state index is 0.0100. The van der Waals surface area contributed by atoms with Gasteiger partial charge in [-0.15, -0.1) is 0 Å². The number of nitrogens with one attached hydrogen (secondary N) is 1. The number of piperidine rings is 1. The number of carbonyl (C=O) groups is 2. The molecular weight excluding hydrogens is 424 g/mol. The zero-order chi connectivity index (χ0) is 24.1. The molecule has 2 N–H and O–H groups in total. The number of phenols is 1. The number of likely N-dealkylation sites (tertiary alicyclic amines) is 1. The van der Waals surface area contributed by atoms with Crippen LogP contribution in [0.5, 0.6) is 5.75 Å². The Morgan fingerprint density at radius 2 is 1.68 bits per heavy atom. The van der Waals surface area contributed by atoms with Crippen molar-refractivity contribution >= 4 is 11.8 Å². The minimum Gasteiger partial charge on any atom is -0.508 e. The van der Waals surface area contributed by atoms with E-state index in [0.29, 0.717) is 17.7 Å². The van der Waals surface area contributed by atoms with E-state index in [0.717, 1.165) is 44.2 Å². The van der Waals surface area contributed by atoms with Crippen LogP contribution in [0.2, 0.25) is 0 Å². The van der Waals surface area contributed by atoms with E-state index in [9.17, 15) is 14.7 Å². The van der Waals surface area contributed by atoms with E-state index in [-0.39, 0.29) is 40.6 Å². The van der Waals surface area contributed by atoms with Gasteiger partial charge >= 0.3 is 0 Å². The molecule has 0 radical (unpaired) electrons. The van der Waals surface area contributed by atoms with E-state index in [1.165, 1.54) is 5.56 Å². The van der Waals surface area contributed by atoms with Gasteiger partial charge in [0.25, 0.3) is 5.91 Å². The summed E-state index contributed by atoms with van der Waals surface area (Å²) >= 11 is 0. The summed E-state index contributed by atoms with van der Waals surface area (Å²) in [5.41, 5.74) is 2.79. The molecule has 34 heavy (non-hydrogen) atoms. The molecule has 180 valence electrons. The molecule has 2 aromatic carbocycles. The lowest BCUT2D eigenvalue weighted by Crippen LogP contribution is -2.65. The number of aromatic hydroxyl groups is 1. The first-order valence-corrected chi connectivity index (χ1v) is 12.7. The molecule has 2 bridgehead atoms. The topological polar surface area (TPSA) is 69.6 Å². The van der Waals surface area contributed by atoms with Gasteiger partial charge in [-0.05, 0) is 73.3 Å². The van der Waals surface area contributed by atoms with Crippen molar-refractivity contribution in [2.75, 3.05) is 6.54 Å². The van der Waals surface area contributed by atoms with Crippen molar-refractivity contribution in [3.05, 3.63) is 65.2 Å². The first-order chi connectivity index (χ1) is 16.2. The number of nitrogens with zero attached hydrogens (tertiary/aromatic N) is 1. The number of hydrogen-bond donors (Lipinski definition) is 2. The summed E-state index contributed by atoms with van der Waals surface area (Å²) in [6.07, 6.45) is 4.89. The van der Waals surface area contributed by atoms with E-state index < -0.39 is 0 Å². The maximum atomic E-state index is 13.8. The van der Waals surface area contributed by atoms with Gasteiger partial charge < -0.3 is 15.3 Å². The van der Waals surface area contributed by atoms with Gasteiger partial charge in [-0.25, -0.2) is 0 Å². The molecule has 5 rings (SSSR count). The number of fused-ring (bicyclic) bond motifs is 4. The highest BCUT2D eigenvalue weighted by molar-refractivity contribution is 5.94. The van der Waals surface area contributed by atoms with Crippen LogP contribution < -0.4 is 5.32 Å². The predicted molar refractivity (Wildman–Crippen MR) is 133 cm³/mol. The molecule has 2 fully saturated rings. The number of phenolic OH excluding ortho intramolecular Hbond substituents is 1. The van der Waals surface area contributed by atoms with E-state index in [1.807, 2.05) is 36.4 Å². The van der Waals surface area contributed by atoms with Gasteiger partial charge in [-0.2, -0.15) is 0 Å². The largest absolute Gasteiger partial charge is 0.508 e. The molecule has 0 unspecified atom stereocenters. The maximum Gasteiger partial charge on any atom is 0.251 e. The summed E-state index contributed by atoms with van der Waals surface area (Å²) in [5.74, 6) is 0.587. The lowest BCUT2D eigenvalue weighted by molar-refractivity contribution is -0.149. The van der Waals surface area contributed by atoms with Crippen LogP contribution in [-0.4, -0.2) is 40.4 Å². The van der Waals surface area contributed by atoms with Crippen molar-refractivity contribution in [2.45, 2.75) is 76.8 Å².